The summed E-state index contributed by atoms with van der Waals surface area (Å²) in [4.78, 5) is 123. The van der Waals surface area contributed by atoms with Crippen molar-refractivity contribution >= 4 is 47.3 Å². The maximum Gasteiger partial charge on any atom is 0.326 e. The number of aryl methyl sites for hydroxylation is 1. The normalized spacial score (nSPS) is 13.1. The molecule has 28 nitrogen and oxygen atoms in total. The molecule has 3 heterocycles. The van der Waals surface area contributed by atoms with Gasteiger partial charge in [-0.15, -0.1) is 5.10 Å². The number of imidazole rings is 2. The van der Waals surface area contributed by atoms with Crippen LogP contribution in [-0.4, -0.2) is 185 Å². The lowest BCUT2D eigenvalue weighted by atomic mass is 10.0. The van der Waals surface area contributed by atoms with Gasteiger partial charge in [0.2, 0.25) is 41.4 Å². The molecule has 77 heavy (non-hydrogen) atoms. The van der Waals surface area contributed by atoms with E-state index in [4.69, 9.17) is 9.57 Å². The molecule has 430 valence electrons. The van der Waals surface area contributed by atoms with E-state index in [1.807, 2.05) is 6.92 Å². The number of hydrogen-bond acceptors (Lipinski definition) is 17. The number of carboxylic acid groups (broad SMARTS) is 1. The third kappa shape index (κ3) is 27.6. The molecule has 0 aromatic carbocycles. The minimum absolute atomic E-state index is 0.00866. The van der Waals surface area contributed by atoms with Crippen LogP contribution < -0.4 is 31.9 Å². The fraction of sp³-hybridized carbons (Fsp3) is 0.694. The Balaban J connectivity index is 1.35. The first-order valence-electron chi connectivity index (χ1n) is 26.6. The van der Waals surface area contributed by atoms with Crippen molar-refractivity contribution in [3.8, 4) is 0 Å². The standard InChI is InChI=1S/C49H81N15O13/c1-3-4-18-37(49(74)75)56-45(70)38(25-35-27-50-32-53-35)57-46(71)39(26-36-28-51-33-54-36)58-48(73)41(31-66)59-47(72)40(30-65)55-44(69)29-64(34(2)67)77-24-23-76-22-21-52-43(68)20-17-15-13-11-9-7-5-6-8-10-12-14-16-19-42-60-62-63-61-42/h27-28,32-33,37-41,65-66H,3-26,29-31H2,1-2H3,(H,50,53)(H,51,54)(H,52,68)(H,55,69)(H,56,70)(H,57,71)(H,58,73)(H,59,72)(H,74,75)(H,60,61,62,63)/t37-,38-,39-,40-,41+/m0/s1. The van der Waals surface area contributed by atoms with Gasteiger partial charge < -0.3 is 61.9 Å². The summed E-state index contributed by atoms with van der Waals surface area (Å²) in [6.07, 6.45) is 22.9. The highest BCUT2D eigenvalue weighted by Gasteiger charge is 2.33. The highest BCUT2D eigenvalue weighted by Crippen LogP contribution is 2.14. The number of H-pyrrole nitrogens is 3. The molecule has 0 spiro atoms. The largest absolute Gasteiger partial charge is 0.480 e. The fourth-order valence-corrected chi connectivity index (χ4v) is 7.87. The molecule has 0 aliphatic heterocycles. The zero-order valence-corrected chi connectivity index (χ0v) is 44.4. The smallest absolute Gasteiger partial charge is 0.326 e. The Morgan fingerprint density at radius 3 is 1.61 bits per heavy atom. The molecule has 0 unspecified atom stereocenters. The zero-order valence-electron chi connectivity index (χ0n) is 44.4. The number of hydroxylamine groups is 2. The van der Waals surface area contributed by atoms with Crippen LogP contribution in [0.2, 0.25) is 0 Å². The lowest BCUT2D eigenvalue weighted by Gasteiger charge is -2.26. The molecule has 0 aliphatic rings. The molecule has 0 saturated carbocycles. The molecule has 0 saturated heterocycles. The van der Waals surface area contributed by atoms with E-state index in [0.717, 1.165) is 44.9 Å². The highest BCUT2D eigenvalue weighted by molar-refractivity contribution is 5.96. The van der Waals surface area contributed by atoms with Gasteiger partial charge in [0, 0.05) is 51.5 Å². The number of rotatable bonds is 44. The highest BCUT2D eigenvalue weighted by atomic mass is 16.7. The number of carbonyl (C=O) groups is 8. The summed E-state index contributed by atoms with van der Waals surface area (Å²) in [5.74, 6) is -6.02. The monoisotopic (exact) mass is 1090 g/mol. The van der Waals surface area contributed by atoms with Crippen LogP contribution in [0.5, 0.6) is 0 Å². The number of carboxylic acids is 1. The van der Waals surface area contributed by atoms with Crippen molar-refractivity contribution in [2.24, 2.45) is 0 Å². The lowest BCUT2D eigenvalue weighted by Crippen LogP contribution is -2.60. The van der Waals surface area contributed by atoms with Crippen molar-refractivity contribution in [2.75, 3.05) is 46.1 Å². The van der Waals surface area contributed by atoms with Gasteiger partial charge in [0.1, 0.15) is 42.6 Å². The second-order valence-corrected chi connectivity index (χ2v) is 18.5. The topological polar surface area (TPSA) is 403 Å². The average molecular weight is 1090 g/mol. The van der Waals surface area contributed by atoms with Gasteiger partial charge >= 0.3 is 5.97 Å². The molecule has 0 bridgehead atoms. The Labute approximate surface area is 447 Å². The number of ether oxygens (including phenoxy) is 1. The summed E-state index contributed by atoms with van der Waals surface area (Å²) in [5, 5.41) is 59.2. The summed E-state index contributed by atoms with van der Waals surface area (Å²) in [6, 6.07) is -7.51. The van der Waals surface area contributed by atoms with Crippen molar-refractivity contribution in [3.63, 3.8) is 0 Å². The van der Waals surface area contributed by atoms with Crippen molar-refractivity contribution < 1.29 is 63.3 Å². The second kappa shape index (κ2) is 38.6. The zero-order chi connectivity index (χ0) is 56.0. The summed E-state index contributed by atoms with van der Waals surface area (Å²) < 4.78 is 5.49. The van der Waals surface area contributed by atoms with Gasteiger partial charge in [-0.2, -0.15) is 0 Å². The van der Waals surface area contributed by atoms with E-state index in [2.05, 4.69) is 72.5 Å². The molecular formula is C49H81N15O13. The molecule has 7 amide bonds. The third-order valence-electron chi connectivity index (χ3n) is 12.2. The summed E-state index contributed by atoms with van der Waals surface area (Å²) >= 11 is 0. The number of aliphatic hydroxyl groups excluding tert-OH is 2. The van der Waals surface area contributed by atoms with E-state index in [1.165, 1.54) is 82.8 Å². The molecule has 0 aliphatic carbocycles. The number of aromatic amines is 3. The van der Waals surface area contributed by atoms with Gasteiger partial charge in [-0.25, -0.2) is 24.9 Å². The molecule has 3 aromatic rings. The van der Waals surface area contributed by atoms with E-state index in [9.17, 15) is 53.7 Å². The van der Waals surface area contributed by atoms with Crippen LogP contribution in [0.3, 0.4) is 0 Å². The van der Waals surface area contributed by atoms with Gasteiger partial charge in [-0.1, -0.05) is 90.4 Å². The number of nitrogens with one attached hydrogen (secondary N) is 9. The molecular weight excluding hydrogens is 1010 g/mol. The summed E-state index contributed by atoms with van der Waals surface area (Å²) in [7, 11) is 0. The summed E-state index contributed by atoms with van der Waals surface area (Å²) in [5.41, 5.74) is 0.649. The number of hydrogen-bond donors (Lipinski definition) is 12. The maximum absolute atomic E-state index is 13.9. The van der Waals surface area contributed by atoms with Gasteiger partial charge in [-0.3, -0.25) is 38.4 Å². The van der Waals surface area contributed by atoms with Crippen molar-refractivity contribution in [3.05, 3.63) is 42.3 Å². The van der Waals surface area contributed by atoms with E-state index in [-0.39, 0.29) is 51.5 Å². The average Bonchev–Trinajstić information content (AvgIpc) is 4.24. The van der Waals surface area contributed by atoms with E-state index < -0.39 is 91.4 Å². The first-order chi connectivity index (χ1) is 37.2. The molecule has 28 heteroatoms. The molecule has 3 rings (SSSR count). The van der Waals surface area contributed by atoms with Crippen LogP contribution in [0.25, 0.3) is 0 Å². The number of aliphatic hydroxyl groups is 2. The fourth-order valence-electron chi connectivity index (χ4n) is 7.87. The van der Waals surface area contributed by atoms with Gasteiger partial charge in [-0.05, 0) is 29.7 Å². The number of aromatic nitrogens is 8. The number of unbranched alkanes of at least 4 members (excludes halogenated alkanes) is 13. The van der Waals surface area contributed by atoms with Gasteiger partial charge in [0.25, 0.3) is 0 Å². The number of nitrogens with zero attached hydrogens (tertiary/aromatic N) is 6. The van der Waals surface area contributed by atoms with Crippen LogP contribution in [0.15, 0.2) is 25.0 Å². The third-order valence-corrected chi connectivity index (χ3v) is 12.2. The van der Waals surface area contributed by atoms with E-state index in [1.54, 1.807) is 0 Å². The van der Waals surface area contributed by atoms with Crippen LogP contribution in [0.1, 0.15) is 140 Å². The Bertz CT molecular complexity index is 2150. The molecule has 0 fully saturated rings. The Kier molecular flexibility index (Phi) is 32.3. The molecule has 3 aromatic heterocycles. The van der Waals surface area contributed by atoms with Crippen LogP contribution in [0, 0.1) is 0 Å². The number of tetrazole rings is 1. The lowest BCUT2D eigenvalue weighted by molar-refractivity contribution is -0.190. The second-order valence-electron chi connectivity index (χ2n) is 18.5. The number of aliphatic carboxylic acids is 1. The number of amides is 7. The van der Waals surface area contributed by atoms with Crippen molar-refractivity contribution in [1.82, 2.24) is 77.5 Å². The Morgan fingerprint density at radius 1 is 0.623 bits per heavy atom. The summed E-state index contributed by atoms with van der Waals surface area (Å²) in [6.45, 7) is 0.623. The van der Waals surface area contributed by atoms with Gasteiger partial charge in [0.05, 0.1) is 57.1 Å². The quantitative estimate of drug-likeness (QED) is 0.0256. The predicted molar refractivity (Wildman–Crippen MR) is 275 cm³/mol. The van der Waals surface area contributed by atoms with Crippen LogP contribution in [0.4, 0.5) is 0 Å². The first-order valence-corrected chi connectivity index (χ1v) is 26.6. The predicted octanol–water partition coefficient (Wildman–Crippen LogP) is -0.269. The Morgan fingerprint density at radius 2 is 1.13 bits per heavy atom. The Hall–Kier alpha value is -6.91. The van der Waals surface area contributed by atoms with Gasteiger partial charge in [0.15, 0.2) is 0 Å². The number of carbonyl (C=O) groups excluding carboxylic acids is 7. The van der Waals surface area contributed by atoms with E-state index in [0.29, 0.717) is 35.7 Å². The molecule has 12 N–H and O–H groups in total. The minimum Gasteiger partial charge on any atom is -0.480 e. The maximum atomic E-state index is 13.9. The molecule has 0 radical (unpaired) electrons. The minimum atomic E-state index is -1.74. The SMILES string of the molecule is CCCC[C@H](NC(=O)[C@H](Cc1c[nH]cn1)NC(=O)[C@H](Cc1c[nH]cn1)NC(=O)[C@@H](CO)NC(=O)[C@H](CO)NC(=O)CN(OCCOCCNC(=O)CCCCCCCCCCCCCCCc1nnn[nH]1)C(C)=O)C(=O)O. The van der Waals surface area contributed by atoms with Crippen molar-refractivity contribution in [2.45, 2.75) is 172 Å². The van der Waals surface area contributed by atoms with Crippen LogP contribution >= 0.6 is 0 Å². The first kappa shape index (κ1) is 64.4. The molecule has 5 atom stereocenters. The van der Waals surface area contributed by atoms with Crippen LogP contribution in [-0.2, 0) is 67.2 Å². The van der Waals surface area contributed by atoms with E-state index >= 15 is 0 Å². The van der Waals surface area contributed by atoms with Crippen molar-refractivity contribution in [1.29, 1.82) is 0 Å².